The van der Waals surface area contributed by atoms with Crippen molar-refractivity contribution in [1.29, 1.82) is 0 Å². The summed E-state index contributed by atoms with van der Waals surface area (Å²) in [5, 5.41) is 11.9. The van der Waals surface area contributed by atoms with E-state index in [1.54, 1.807) is 11.6 Å². The smallest absolute Gasteiger partial charge is 0.274 e. The van der Waals surface area contributed by atoms with Crippen molar-refractivity contribution in [3.05, 3.63) is 12.2 Å². The highest BCUT2D eigenvalue weighted by molar-refractivity contribution is 7.87. The monoisotopic (exact) mass is 191 g/mol. The lowest BCUT2D eigenvalue weighted by Gasteiger charge is -1.99. The average molecular weight is 191 g/mol. The maximum Gasteiger partial charge on any atom is 0.274 e. The van der Waals surface area contributed by atoms with Crippen LogP contribution in [0.25, 0.3) is 0 Å². The molecule has 0 aliphatic heterocycles. The molecule has 0 aliphatic rings. The van der Waals surface area contributed by atoms with E-state index in [0.29, 0.717) is 5.82 Å². The van der Waals surface area contributed by atoms with Crippen LogP contribution in [0.4, 0.5) is 0 Å². The molecule has 0 saturated carbocycles. The molecule has 8 heteroatoms. The standard InChI is InChI=1S/C4H9N5O2S/c1-9-3-6-8-4(9)2-7-12(5,10)11/h3,7H,2H2,1H3,(H2,5,10,11). The summed E-state index contributed by atoms with van der Waals surface area (Å²) in [6.07, 6.45) is 1.47. The predicted octanol–water partition coefficient (Wildman–Crippen LogP) is -1.89. The van der Waals surface area contributed by atoms with Crippen LogP contribution in [0.3, 0.4) is 0 Å². The van der Waals surface area contributed by atoms with Gasteiger partial charge < -0.3 is 4.57 Å². The fraction of sp³-hybridized carbons (Fsp3) is 0.500. The Morgan fingerprint density at radius 3 is 2.83 bits per heavy atom. The molecule has 0 spiro atoms. The lowest BCUT2D eigenvalue weighted by Crippen LogP contribution is -2.31. The first-order valence-electron chi connectivity index (χ1n) is 3.09. The summed E-state index contributed by atoms with van der Waals surface area (Å²) in [6.45, 7) is 0.0509. The Bertz CT molecular complexity index is 355. The molecular formula is C4H9N5O2S. The SMILES string of the molecule is Cn1cnnc1CNS(N)(=O)=O. The van der Waals surface area contributed by atoms with Gasteiger partial charge in [0.15, 0.2) is 0 Å². The molecule has 0 unspecified atom stereocenters. The molecule has 12 heavy (non-hydrogen) atoms. The molecule has 0 atom stereocenters. The zero-order chi connectivity index (χ0) is 9.19. The summed E-state index contributed by atoms with van der Waals surface area (Å²) < 4.78 is 24.6. The molecule has 0 aromatic carbocycles. The van der Waals surface area contributed by atoms with Gasteiger partial charge in [0.25, 0.3) is 10.2 Å². The summed E-state index contributed by atoms with van der Waals surface area (Å²) in [5.41, 5.74) is 0. The summed E-state index contributed by atoms with van der Waals surface area (Å²) in [5.74, 6) is 0.504. The maximum atomic E-state index is 10.4. The molecule has 0 amide bonds. The predicted molar refractivity (Wildman–Crippen MR) is 40.9 cm³/mol. The van der Waals surface area contributed by atoms with E-state index in [1.165, 1.54) is 6.33 Å². The number of aromatic nitrogens is 3. The number of nitrogens with one attached hydrogen (secondary N) is 1. The minimum absolute atomic E-state index is 0.0509. The highest BCUT2D eigenvalue weighted by Gasteiger charge is 2.04. The van der Waals surface area contributed by atoms with E-state index in [-0.39, 0.29) is 6.54 Å². The zero-order valence-electron chi connectivity index (χ0n) is 6.43. The van der Waals surface area contributed by atoms with Gasteiger partial charge in [0.2, 0.25) is 0 Å². The van der Waals surface area contributed by atoms with E-state index in [9.17, 15) is 8.42 Å². The van der Waals surface area contributed by atoms with Gasteiger partial charge in [0, 0.05) is 7.05 Å². The van der Waals surface area contributed by atoms with Gasteiger partial charge in [0.05, 0.1) is 6.54 Å². The van der Waals surface area contributed by atoms with E-state index < -0.39 is 10.2 Å². The number of rotatable bonds is 3. The van der Waals surface area contributed by atoms with E-state index in [1.807, 2.05) is 0 Å². The molecule has 0 bridgehead atoms. The van der Waals surface area contributed by atoms with Crippen LogP contribution in [0.2, 0.25) is 0 Å². The lowest BCUT2D eigenvalue weighted by atomic mass is 10.6. The summed E-state index contributed by atoms with van der Waals surface area (Å²) >= 11 is 0. The van der Waals surface area contributed by atoms with Crippen molar-refractivity contribution in [2.75, 3.05) is 0 Å². The first-order chi connectivity index (χ1) is 5.49. The Balaban J connectivity index is 2.61. The first kappa shape index (κ1) is 9.10. The normalized spacial score (nSPS) is 11.8. The highest BCUT2D eigenvalue weighted by atomic mass is 32.2. The molecule has 7 nitrogen and oxygen atoms in total. The molecule has 1 heterocycles. The Hall–Kier alpha value is -0.990. The lowest BCUT2D eigenvalue weighted by molar-refractivity contribution is 0.579. The molecule has 3 N–H and O–H groups in total. The molecule has 0 saturated heterocycles. The molecule has 0 fully saturated rings. The summed E-state index contributed by atoms with van der Waals surface area (Å²) in [7, 11) is -1.94. The van der Waals surface area contributed by atoms with Crippen molar-refractivity contribution in [2.24, 2.45) is 12.2 Å². The van der Waals surface area contributed by atoms with Crippen LogP contribution < -0.4 is 9.86 Å². The second-order valence-corrected chi connectivity index (χ2v) is 3.60. The van der Waals surface area contributed by atoms with Gasteiger partial charge in [-0.15, -0.1) is 10.2 Å². The molecule has 1 rings (SSSR count). The van der Waals surface area contributed by atoms with Gasteiger partial charge in [0.1, 0.15) is 12.2 Å². The quantitative estimate of drug-likeness (QED) is 0.582. The number of hydrogen-bond acceptors (Lipinski definition) is 4. The van der Waals surface area contributed by atoms with Gasteiger partial charge in [-0.05, 0) is 0 Å². The molecule has 1 aromatic heterocycles. The summed E-state index contributed by atoms with van der Waals surface area (Å²) in [4.78, 5) is 0. The van der Waals surface area contributed by atoms with Crippen LogP contribution in [0, 0.1) is 0 Å². The number of aryl methyl sites for hydroxylation is 1. The van der Waals surface area contributed by atoms with E-state index in [2.05, 4.69) is 14.9 Å². The Labute approximate surface area is 69.8 Å². The van der Waals surface area contributed by atoms with Crippen LogP contribution in [0.15, 0.2) is 6.33 Å². The van der Waals surface area contributed by atoms with Crippen molar-refractivity contribution >= 4 is 10.2 Å². The minimum Gasteiger partial charge on any atom is -0.320 e. The van der Waals surface area contributed by atoms with Crippen LogP contribution in [0.5, 0.6) is 0 Å². The van der Waals surface area contributed by atoms with Crippen molar-refractivity contribution in [3.63, 3.8) is 0 Å². The van der Waals surface area contributed by atoms with Gasteiger partial charge in [-0.25, -0.2) is 5.14 Å². The number of nitrogens with two attached hydrogens (primary N) is 1. The topological polar surface area (TPSA) is 103 Å². The Kier molecular flexibility index (Phi) is 2.40. The van der Waals surface area contributed by atoms with Gasteiger partial charge in [-0.3, -0.25) is 0 Å². The minimum atomic E-state index is -3.65. The molecule has 0 radical (unpaired) electrons. The van der Waals surface area contributed by atoms with Crippen LogP contribution >= 0.6 is 0 Å². The second-order valence-electron chi connectivity index (χ2n) is 2.22. The van der Waals surface area contributed by atoms with Gasteiger partial charge >= 0.3 is 0 Å². The maximum absolute atomic E-state index is 10.4. The second kappa shape index (κ2) is 3.17. The molecular weight excluding hydrogens is 182 g/mol. The third-order valence-electron chi connectivity index (χ3n) is 1.24. The van der Waals surface area contributed by atoms with Crippen molar-refractivity contribution in [2.45, 2.75) is 6.54 Å². The third kappa shape index (κ3) is 2.57. The van der Waals surface area contributed by atoms with Crippen LogP contribution in [-0.2, 0) is 23.8 Å². The fourth-order valence-corrected chi connectivity index (χ4v) is 0.963. The number of hydrogen-bond donors (Lipinski definition) is 2. The van der Waals surface area contributed by atoms with E-state index in [0.717, 1.165) is 0 Å². The van der Waals surface area contributed by atoms with Crippen LogP contribution in [0.1, 0.15) is 5.82 Å². The van der Waals surface area contributed by atoms with Crippen molar-refractivity contribution in [3.8, 4) is 0 Å². The Morgan fingerprint density at radius 2 is 2.42 bits per heavy atom. The average Bonchev–Trinajstić information content (AvgIpc) is 2.29. The van der Waals surface area contributed by atoms with Crippen molar-refractivity contribution in [1.82, 2.24) is 19.5 Å². The number of nitrogens with zero attached hydrogens (tertiary/aromatic N) is 3. The first-order valence-corrected chi connectivity index (χ1v) is 4.64. The zero-order valence-corrected chi connectivity index (χ0v) is 7.24. The molecule has 0 aliphatic carbocycles. The Morgan fingerprint density at radius 1 is 1.75 bits per heavy atom. The largest absolute Gasteiger partial charge is 0.320 e. The van der Waals surface area contributed by atoms with E-state index in [4.69, 9.17) is 5.14 Å². The third-order valence-corrected chi connectivity index (χ3v) is 1.78. The van der Waals surface area contributed by atoms with E-state index >= 15 is 0 Å². The highest BCUT2D eigenvalue weighted by Crippen LogP contribution is 1.89. The van der Waals surface area contributed by atoms with Gasteiger partial charge in [-0.1, -0.05) is 0 Å². The van der Waals surface area contributed by atoms with Crippen molar-refractivity contribution < 1.29 is 8.42 Å². The summed E-state index contributed by atoms with van der Waals surface area (Å²) in [6, 6.07) is 0. The van der Waals surface area contributed by atoms with Gasteiger partial charge in [-0.2, -0.15) is 13.1 Å². The fourth-order valence-electron chi connectivity index (χ4n) is 0.632. The molecule has 68 valence electrons. The molecule has 1 aromatic rings. The van der Waals surface area contributed by atoms with Crippen LogP contribution in [-0.4, -0.2) is 23.2 Å².